The Morgan fingerprint density at radius 1 is 1.27 bits per heavy atom. The van der Waals surface area contributed by atoms with Crippen LogP contribution in [0.15, 0.2) is 29.3 Å². The molecule has 0 amide bonds. The molecule has 0 bridgehead atoms. The highest BCUT2D eigenvalue weighted by Crippen LogP contribution is 2.09. The lowest BCUT2D eigenvalue weighted by molar-refractivity contribution is 0.156. The Morgan fingerprint density at radius 3 is 2.60 bits per heavy atom. The van der Waals surface area contributed by atoms with Gasteiger partial charge in [0.1, 0.15) is 5.75 Å². The first-order valence-electron chi connectivity index (χ1n) is 5.08. The van der Waals surface area contributed by atoms with Crippen molar-refractivity contribution in [3.63, 3.8) is 0 Å². The van der Waals surface area contributed by atoms with Crippen LogP contribution in [0, 0.1) is 0 Å². The standard InChI is InChI=1S/C12H17NO2/c1-3-15-9-8-13-10-11-4-6-12(14-2)7-5-11/h4-7,10H,3,8-9H2,1-2H3. The van der Waals surface area contributed by atoms with Crippen LogP contribution in [0.4, 0.5) is 0 Å². The SMILES string of the molecule is CCOCCN=Cc1ccc(OC)cc1. The minimum Gasteiger partial charge on any atom is -0.497 e. The second-order valence-corrected chi connectivity index (χ2v) is 3.01. The molecule has 1 rings (SSSR count). The van der Waals surface area contributed by atoms with Gasteiger partial charge in [-0.25, -0.2) is 0 Å². The van der Waals surface area contributed by atoms with E-state index in [1.165, 1.54) is 0 Å². The molecule has 0 aliphatic heterocycles. The average molecular weight is 207 g/mol. The van der Waals surface area contributed by atoms with E-state index >= 15 is 0 Å². The molecule has 82 valence electrons. The number of hydrogen-bond acceptors (Lipinski definition) is 3. The van der Waals surface area contributed by atoms with Crippen LogP contribution in [0.25, 0.3) is 0 Å². The zero-order valence-corrected chi connectivity index (χ0v) is 9.27. The van der Waals surface area contributed by atoms with Gasteiger partial charge in [0.15, 0.2) is 0 Å². The highest BCUT2D eigenvalue weighted by molar-refractivity contribution is 5.79. The molecule has 3 nitrogen and oxygen atoms in total. The Kier molecular flexibility index (Phi) is 5.48. The maximum Gasteiger partial charge on any atom is 0.118 e. The van der Waals surface area contributed by atoms with Crippen LogP contribution in [0.2, 0.25) is 0 Å². The van der Waals surface area contributed by atoms with Gasteiger partial charge < -0.3 is 9.47 Å². The molecular formula is C12H17NO2. The van der Waals surface area contributed by atoms with Gasteiger partial charge >= 0.3 is 0 Å². The number of rotatable bonds is 6. The third-order valence-corrected chi connectivity index (χ3v) is 1.93. The molecule has 15 heavy (non-hydrogen) atoms. The predicted octanol–water partition coefficient (Wildman–Crippen LogP) is 2.15. The van der Waals surface area contributed by atoms with Crippen LogP contribution in [0.1, 0.15) is 12.5 Å². The number of benzene rings is 1. The second kappa shape index (κ2) is 7.01. The van der Waals surface area contributed by atoms with E-state index in [4.69, 9.17) is 9.47 Å². The van der Waals surface area contributed by atoms with Gasteiger partial charge in [-0.1, -0.05) is 0 Å². The lowest BCUT2D eigenvalue weighted by atomic mass is 10.2. The van der Waals surface area contributed by atoms with E-state index in [0.29, 0.717) is 13.2 Å². The summed E-state index contributed by atoms with van der Waals surface area (Å²) in [5, 5.41) is 0. The van der Waals surface area contributed by atoms with Crippen molar-refractivity contribution in [2.75, 3.05) is 26.9 Å². The van der Waals surface area contributed by atoms with Gasteiger partial charge in [0, 0.05) is 12.8 Å². The molecular weight excluding hydrogens is 190 g/mol. The summed E-state index contributed by atoms with van der Waals surface area (Å²) < 4.78 is 10.2. The molecule has 0 saturated carbocycles. The van der Waals surface area contributed by atoms with Crippen molar-refractivity contribution in [2.24, 2.45) is 4.99 Å². The van der Waals surface area contributed by atoms with Crippen LogP contribution in [-0.2, 0) is 4.74 Å². The topological polar surface area (TPSA) is 30.8 Å². The van der Waals surface area contributed by atoms with Gasteiger partial charge in [-0.05, 0) is 36.8 Å². The van der Waals surface area contributed by atoms with E-state index in [9.17, 15) is 0 Å². The molecule has 0 N–H and O–H groups in total. The summed E-state index contributed by atoms with van der Waals surface area (Å²) in [4.78, 5) is 4.24. The summed E-state index contributed by atoms with van der Waals surface area (Å²) in [5.41, 5.74) is 1.08. The summed E-state index contributed by atoms with van der Waals surface area (Å²) in [6.07, 6.45) is 1.85. The van der Waals surface area contributed by atoms with Crippen LogP contribution in [-0.4, -0.2) is 33.1 Å². The van der Waals surface area contributed by atoms with Gasteiger partial charge in [0.2, 0.25) is 0 Å². The molecule has 0 saturated heterocycles. The normalized spacial score (nSPS) is 10.8. The molecule has 0 heterocycles. The monoisotopic (exact) mass is 207 g/mol. The van der Waals surface area contributed by atoms with Crippen molar-refractivity contribution in [3.8, 4) is 5.75 Å². The Labute approximate surface area is 90.7 Å². The molecule has 0 unspecified atom stereocenters. The fourth-order valence-electron chi connectivity index (χ4n) is 1.12. The largest absolute Gasteiger partial charge is 0.497 e. The summed E-state index contributed by atoms with van der Waals surface area (Å²) in [5.74, 6) is 0.862. The molecule has 0 aliphatic rings. The summed E-state index contributed by atoms with van der Waals surface area (Å²) in [6, 6.07) is 7.79. The number of hydrogen-bond donors (Lipinski definition) is 0. The van der Waals surface area contributed by atoms with E-state index < -0.39 is 0 Å². The van der Waals surface area contributed by atoms with Gasteiger partial charge in [-0.15, -0.1) is 0 Å². The van der Waals surface area contributed by atoms with E-state index in [-0.39, 0.29) is 0 Å². The molecule has 0 atom stereocenters. The van der Waals surface area contributed by atoms with Gasteiger partial charge in [-0.3, -0.25) is 4.99 Å². The van der Waals surface area contributed by atoms with Gasteiger partial charge in [0.05, 0.1) is 20.3 Å². The van der Waals surface area contributed by atoms with Crippen LogP contribution in [0.3, 0.4) is 0 Å². The molecule has 3 heteroatoms. The number of ether oxygens (including phenoxy) is 2. The van der Waals surface area contributed by atoms with Crippen molar-refractivity contribution in [2.45, 2.75) is 6.92 Å². The number of nitrogens with zero attached hydrogens (tertiary/aromatic N) is 1. The molecule has 0 spiro atoms. The highest BCUT2D eigenvalue weighted by Gasteiger charge is 1.90. The Hall–Kier alpha value is -1.35. The molecule has 0 aromatic heterocycles. The van der Waals surface area contributed by atoms with Crippen LogP contribution >= 0.6 is 0 Å². The van der Waals surface area contributed by atoms with Gasteiger partial charge in [-0.2, -0.15) is 0 Å². The van der Waals surface area contributed by atoms with E-state index in [2.05, 4.69) is 4.99 Å². The van der Waals surface area contributed by atoms with Crippen molar-refractivity contribution in [1.82, 2.24) is 0 Å². The number of aliphatic imine (C=N–C) groups is 1. The maximum absolute atomic E-state index is 5.17. The van der Waals surface area contributed by atoms with Gasteiger partial charge in [0.25, 0.3) is 0 Å². The van der Waals surface area contributed by atoms with Crippen molar-refractivity contribution < 1.29 is 9.47 Å². The van der Waals surface area contributed by atoms with Crippen LogP contribution in [0.5, 0.6) is 5.75 Å². The minimum absolute atomic E-state index is 0.684. The molecule has 1 aromatic rings. The fraction of sp³-hybridized carbons (Fsp3) is 0.417. The average Bonchev–Trinajstić information content (AvgIpc) is 2.30. The van der Waals surface area contributed by atoms with E-state index in [0.717, 1.165) is 17.9 Å². The molecule has 0 fully saturated rings. The predicted molar refractivity (Wildman–Crippen MR) is 61.9 cm³/mol. The Morgan fingerprint density at radius 2 is 2.00 bits per heavy atom. The lowest BCUT2D eigenvalue weighted by Crippen LogP contribution is -1.97. The first kappa shape index (κ1) is 11.7. The zero-order chi connectivity index (χ0) is 10.9. The van der Waals surface area contributed by atoms with Crippen molar-refractivity contribution >= 4 is 6.21 Å². The fourth-order valence-corrected chi connectivity index (χ4v) is 1.12. The summed E-state index contributed by atoms with van der Waals surface area (Å²) >= 11 is 0. The lowest BCUT2D eigenvalue weighted by Gasteiger charge is -1.99. The molecule has 0 aliphatic carbocycles. The Bertz CT molecular complexity index is 293. The quantitative estimate of drug-likeness (QED) is 0.528. The first-order valence-corrected chi connectivity index (χ1v) is 5.08. The minimum atomic E-state index is 0.684. The van der Waals surface area contributed by atoms with E-state index in [1.54, 1.807) is 7.11 Å². The Balaban J connectivity index is 2.36. The van der Waals surface area contributed by atoms with E-state index in [1.807, 2.05) is 37.4 Å². The highest BCUT2D eigenvalue weighted by atomic mass is 16.5. The summed E-state index contributed by atoms with van der Waals surface area (Å²) in [6.45, 7) is 4.12. The third-order valence-electron chi connectivity index (χ3n) is 1.93. The molecule has 1 aromatic carbocycles. The van der Waals surface area contributed by atoms with Crippen molar-refractivity contribution in [3.05, 3.63) is 29.8 Å². The maximum atomic E-state index is 5.17. The smallest absolute Gasteiger partial charge is 0.118 e. The number of methoxy groups -OCH3 is 1. The first-order chi connectivity index (χ1) is 7.36. The van der Waals surface area contributed by atoms with Crippen molar-refractivity contribution in [1.29, 1.82) is 0 Å². The second-order valence-electron chi connectivity index (χ2n) is 3.01. The molecule has 0 radical (unpaired) electrons. The van der Waals surface area contributed by atoms with Crippen LogP contribution < -0.4 is 4.74 Å². The third kappa shape index (κ3) is 4.61. The zero-order valence-electron chi connectivity index (χ0n) is 9.27. The summed E-state index contributed by atoms with van der Waals surface area (Å²) in [7, 11) is 1.66.